The Hall–Kier alpha value is -1.73. The topological polar surface area (TPSA) is 199 Å². The van der Waals surface area contributed by atoms with Gasteiger partial charge in [0.15, 0.2) is 0 Å². The molecule has 0 aliphatic carbocycles. The molecule has 3 aliphatic rings. The molecule has 3 fully saturated rings. The number of alkyl halides is 2. The summed E-state index contributed by atoms with van der Waals surface area (Å²) in [6, 6.07) is 7.28. The first kappa shape index (κ1) is 72.3. The van der Waals surface area contributed by atoms with Gasteiger partial charge in [-0.1, -0.05) is 39.8 Å². The molecule has 0 aromatic carbocycles. The van der Waals surface area contributed by atoms with Crippen molar-refractivity contribution in [1.29, 1.82) is 0 Å². The molecule has 0 atom stereocenters. The molecule has 422 valence electrons. The van der Waals surface area contributed by atoms with Crippen LogP contribution in [0.2, 0.25) is 5.15 Å². The molecule has 6 aromatic heterocycles. The fraction of sp³-hybridized carbons (Fsp3) is 0.608. The van der Waals surface area contributed by atoms with Crippen LogP contribution in [-0.2, 0) is 28.7 Å². The number of halogens is 5. The maximum atomic E-state index is 11.9. The molecule has 3 saturated heterocycles. The van der Waals surface area contributed by atoms with Crippen molar-refractivity contribution in [3.8, 4) is 0 Å². The van der Waals surface area contributed by atoms with Crippen molar-refractivity contribution in [3.05, 3.63) is 57.0 Å². The van der Waals surface area contributed by atoms with Gasteiger partial charge in [0.2, 0.25) is 0 Å². The Bertz CT molecular complexity index is 2620. The van der Waals surface area contributed by atoms with Gasteiger partial charge in [-0.25, -0.2) is 39.5 Å². The monoisotopic (exact) mass is 1230 g/mol. The van der Waals surface area contributed by atoms with Crippen LogP contribution >= 0.6 is 93.6 Å². The van der Waals surface area contributed by atoms with E-state index in [1.165, 1.54) is 26.3 Å². The van der Waals surface area contributed by atoms with Crippen molar-refractivity contribution < 1.29 is 71.9 Å². The fourth-order valence-electron chi connectivity index (χ4n) is 7.95. The molecule has 25 heteroatoms. The van der Waals surface area contributed by atoms with Gasteiger partial charge in [-0.2, -0.15) is 0 Å². The number of nitrogens with zero attached hydrogens (tertiary/aromatic N) is 8. The average Bonchev–Trinajstić information content (AvgIpc) is 4.10. The summed E-state index contributed by atoms with van der Waals surface area (Å²) in [5.74, 6) is 2.10. The Morgan fingerprint density at radius 1 is 0.645 bits per heavy atom. The first-order valence-electron chi connectivity index (χ1n) is 24.8. The molecule has 0 bridgehead atoms. The molecular weight excluding hydrogens is 1160 g/mol. The van der Waals surface area contributed by atoms with Crippen LogP contribution in [0.3, 0.4) is 0 Å². The zero-order valence-corrected chi connectivity index (χ0v) is 54.4. The van der Waals surface area contributed by atoms with E-state index in [1.807, 2.05) is 41.5 Å². The van der Waals surface area contributed by atoms with E-state index in [4.69, 9.17) is 50.0 Å². The van der Waals surface area contributed by atoms with E-state index in [2.05, 4.69) is 94.6 Å². The van der Waals surface area contributed by atoms with Gasteiger partial charge in [-0.15, -0.1) is 82.0 Å². The van der Waals surface area contributed by atoms with E-state index in [0.29, 0.717) is 11.2 Å². The standard InChI is InChI=1S/C18H26N4O2S.C13H18N4S.C10H20N2O2.C8H7ClN2S.CH2Cl2.CH4.2ClH.K.H/c1-5-13-10-14-15(19-11-20-16(14)25-13)22-8-6-12(7-9-22)21-17(23)24-18(2,3)4;1-2-10-7-11-12(15-8-16-13(11)18-10)17-5-3-9(14)4-6-17;1-10(2,3)14-9(13)12-8-4-6-11-7-5-8;1-2-5-3-6-7(9)10-4-11-8(6)12-5;2-1-3;;;;;/h10-12H,5-9H2,1-4H3,(H,21,23);7-9H,2-6,14H2,1H3;8,11H,4-7H2,1-3H3,(H,12,13);3-4H,2H2,1H3;1H2;1H4;2*1H;;/q;;;;;;;;+1;-1. The number of thiophene rings is 3. The third kappa shape index (κ3) is 23.8. The van der Waals surface area contributed by atoms with Crippen molar-refractivity contribution in [3.63, 3.8) is 0 Å². The number of hydrogen-bond acceptors (Lipinski definition) is 17. The SMILES string of the molecule is C.CC(C)(C)OC(=O)NC1CCNCC1.CCc1cc2c(Cl)ncnc2s1.CCc1cc2c(N3CCC(N)CC3)ncnc2s1.CCc1cc2c(N3CCC(NC(=O)OC(C)(C)C)CC3)ncnc2s1.Cl.Cl.ClCCl.[H-].[K+]. The zero-order chi connectivity index (χ0) is 52.4. The maximum absolute atomic E-state index is 11.9. The summed E-state index contributed by atoms with van der Waals surface area (Å²) in [6.07, 6.45) is 13.1. The van der Waals surface area contributed by atoms with E-state index >= 15 is 0 Å². The van der Waals surface area contributed by atoms with Crippen LogP contribution in [0.25, 0.3) is 30.6 Å². The van der Waals surface area contributed by atoms with Crippen molar-refractivity contribution in [2.75, 3.05) is 54.4 Å². The number of anilines is 2. The van der Waals surface area contributed by atoms with E-state index in [-0.39, 0.29) is 115 Å². The second-order valence-electron chi connectivity index (χ2n) is 19.4. The Balaban J connectivity index is 0.000000994. The van der Waals surface area contributed by atoms with Gasteiger partial charge >= 0.3 is 63.6 Å². The number of alkyl carbamates (subject to hydrolysis) is 2. The summed E-state index contributed by atoms with van der Waals surface area (Å²) in [7, 11) is 0. The molecule has 0 saturated carbocycles. The predicted octanol–water partition coefficient (Wildman–Crippen LogP) is 10.1. The summed E-state index contributed by atoms with van der Waals surface area (Å²) >= 11 is 20.6. The number of carbonyl (C=O) groups is 2. The van der Waals surface area contributed by atoms with Gasteiger partial charge in [0.25, 0.3) is 0 Å². The largest absolute Gasteiger partial charge is 1.00 e. The number of piperidine rings is 3. The van der Waals surface area contributed by atoms with Crippen molar-refractivity contribution in [1.82, 2.24) is 45.9 Å². The molecule has 5 N–H and O–H groups in total. The average molecular weight is 1240 g/mol. The minimum atomic E-state index is -0.465. The van der Waals surface area contributed by atoms with Crippen LogP contribution in [0.4, 0.5) is 21.2 Å². The Morgan fingerprint density at radius 2 is 0.987 bits per heavy atom. The minimum absolute atomic E-state index is 0. The molecule has 0 radical (unpaired) electrons. The molecule has 6 aromatic rings. The molecule has 9 heterocycles. The number of nitrogens with one attached hydrogen (secondary N) is 3. The number of rotatable bonds is 7. The van der Waals surface area contributed by atoms with E-state index in [0.717, 1.165) is 134 Å². The van der Waals surface area contributed by atoms with Crippen molar-refractivity contribution >= 4 is 148 Å². The number of ether oxygens (including phenoxy) is 2. The smallest absolute Gasteiger partial charge is 1.00 e. The van der Waals surface area contributed by atoms with E-state index < -0.39 is 11.2 Å². The summed E-state index contributed by atoms with van der Waals surface area (Å²) in [5, 5.41) is 13.2. The first-order valence-corrected chi connectivity index (χ1v) is 28.7. The quantitative estimate of drug-likeness (QED) is 0.0669. The first-order chi connectivity index (χ1) is 34.3. The summed E-state index contributed by atoms with van der Waals surface area (Å²) in [4.78, 5) is 60.9. The molecule has 76 heavy (non-hydrogen) atoms. The Morgan fingerprint density at radius 3 is 1.36 bits per heavy atom. The Labute approximate surface area is 534 Å². The van der Waals surface area contributed by atoms with E-state index in [1.54, 1.807) is 46.7 Å². The van der Waals surface area contributed by atoms with Gasteiger partial charge in [0.05, 0.1) is 16.1 Å². The zero-order valence-electron chi connectivity index (χ0n) is 46.0. The summed E-state index contributed by atoms with van der Waals surface area (Å²) in [5.41, 5.74) is 5.09. The fourth-order valence-corrected chi connectivity index (χ4v) is 11.0. The number of aryl methyl sites for hydroxylation is 3. The molecule has 0 spiro atoms. The third-order valence-corrected chi connectivity index (χ3v) is 15.4. The van der Waals surface area contributed by atoms with Gasteiger partial charge in [-0.05, 0) is 131 Å². The minimum Gasteiger partial charge on any atom is -1.00 e. The molecule has 0 unspecified atom stereocenters. The second-order valence-corrected chi connectivity index (χ2v) is 23.9. The summed E-state index contributed by atoms with van der Waals surface area (Å²) < 4.78 is 10.5. The molecule has 2 amide bonds. The second kappa shape index (κ2) is 35.9. The van der Waals surface area contributed by atoms with Gasteiger partial charge in [-0.3, -0.25) is 0 Å². The molecular formula is C51H80Cl5KN12O4S3. The van der Waals surface area contributed by atoms with Crippen molar-refractivity contribution in [2.24, 2.45) is 5.73 Å². The summed E-state index contributed by atoms with van der Waals surface area (Å²) in [6.45, 7) is 23.4. The van der Waals surface area contributed by atoms with Gasteiger partial charge < -0.3 is 42.4 Å². The van der Waals surface area contributed by atoms with E-state index in [9.17, 15) is 9.59 Å². The van der Waals surface area contributed by atoms with Crippen LogP contribution in [0.5, 0.6) is 0 Å². The normalized spacial score (nSPS) is 15.0. The molecule has 3 aliphatic heterocycles. The molecule has 9 rings (SSSR count). The number of aromatic nitrogens is 6. The van der Waals surface area contributed by atoms with Crippen LogP contribution in [0.1, 0.15) is 124 Å². The van der Waals surface area contributed by atoms with Crippen LogP contribution < -0.4 is 82.9 Å². The Kier molecular flexibility index (Phi) is 34.1. The van der Waals surface area contributed by atoms with Gasteiger partial charge in [0, 0.05) is 64.3 Å². The number of fused-ring (bicyclic) bond motifs is 3. The van der Waals surface area contributed by atoms with Crippen LogP contribution in [0.15, 0.2) is 37.2 Å². The predicted molar refractivity (Wildman–Crippen MR) is 324 cm³/mol. The number of nitrogens with two attached hydrogens (primary N) is 1. The van der Waals surface area contributed by atoms with Crippen LogP contribution in [-0.4, -0.2) is 116 Å². The number of carbonyl (C=O) groups excluding carboxylic acids is 2. The maximum Gasteiger partial charge on any atom is 1.00 e. The van der Waals surface area contributed by atoms with Crippen LogP contribution in [0, 0.1) is 0 Å². The third-order valence-electron chi connectivity index (χ3n) is 11.5. The van der Waals surface area contributed by atoms with Gasteiger partial charge in [0.1, 0.15) is 61.5 Å². The number of hydrogen-bond donors (Lipinski definition) is 4. The van der Waals surface area contributed by atoms with Crippen molar-refractivity contribution in [2.45, 2.75) is 157 Å². The number of amides is 2. The molecule has 16 nitrogen and oxygen atoms in total.